The van der Waals surface area contributed by atoms with Crippen LogP contribution in [0.25, 0.3) is 0 Å². The van der Waals surface area contributed by atoms with Crippen molar-refractivity contribution in [1.82, 2.24) is 19.6 Å². The number of hydrogen-bond acceptors (Lipinski definition) is 3. The summed E-state index contributed by atoms with van der Waals surface area (Å²) in [6, 6.07) is 4.21. The number of carbonyl (C=O) groups is 1. The second-order valence-electron chi connectivity index (χ2n) is 7.56. The van der Waals surface area contributed by atoms with Gasteiger partial charge in [0.05, 0.1) is 6.54 Å². The van der Waals surface area contributed by atoms with Gasteiger partial charge in [0.1, 0.15) is 16.9 Å². The lowest BCUT2D eigenvalue weighted by atomic mass is 10.2. The number of nitrogens with zero attached hydrogens (tertiary/aromatic N) is 4. The molecule has 1 saturated carbocycles. The largest absolute Gasteiger partial charge is 0.435 e. The molecule has 0 saturated heterocycles. The van der Waals surface area contributed by atoms with Crippen LogP contribution in [0.3, 0.4) is 0 Å². The third-order valence-electron chi connectivity index (χ3n) is 5.14. The van der Waals surface area contributed by atoms with Crippen LogP contribution in [0.5, 0.6) is 0 Å². The summed E-state index contributed by atoms with van der Waals surface area (Å²) in [4.78, 5) is 12.8. The Labute approximate surface area is 190 Å². The predicted molar refractivity (Wildman–Crippen MR) is 110 cm³/mol. The van der Waals surface area contributed by atoms with Crippen LogP contribution in [0.2, 0.25) is 10.0 Å². The fourth-order valence-electron chi connectivity index (χ4n) is 3.28. The molecule has 1 aromatic carbocycles. The Bertz CT molecular complexity index is 1150. The number of halogens is 6. The molecule has 1 fully saturated rings. The fourth-order valence-corrected chi connectivity index (χ4v) is 3.70. The van der Waals surface area contributed by atoms with E-state index in [9.17, 15) is 22.4 Å². The number of carbonyl (C=O) groups excluding carboxylic acids is 1. The molecular formula is C20H17Cl2F4N5O. The average Bonchev–Trinajstić information content (AvgIpc) is 3.35. The maximum Gasteiger partial charge on any atom is 0.435 e. The van der Waals surface area contributed by atoms with Crippen LogP contribution in [0.1, 0.15) is 48.7 Å². The number of anilines is 1. The summed E-state index contributed by atoms with van der Waals surface area (Å²) in [5.41, 5.74) is -0.473. The van der Waals surface area contributed by atoms with E-state index in [0.717, 1.165) is 23.6 Å². The minimum Gasteiger partial charge on any atom is -0.306 e. The summed E-state index contributed by atoms with van der Waals surface area (Å²) < 4.78 is 55.8. The smallest absolute Gasteiger partial charge is 0.306 e. The van der Waals surface area contributed by atoms with Gasteiger partial charge in [-0.15, -0.1) is 0 Å². The Kier molecular flexibility index (Phi) is 5.93. The SMILES string of the molecule is CC(C(=O)Nc1nn(Cc2c(F)cccc2Cl)cc1Cl)n1nc(C(F)(F)F)cc1C1CC1. The second kappa shape index (κ2) is 8.40. The van der Waals surface area contributed by atoms with Gasteiger partial charge in [-0.2, -0.15) is 23.4 Å². The highest BCUT2D eigenvalue weighted by Crippen LogP contribution is 2.43. The molecule has 12 heteroatoms. The van der Waals surface area contributed by atoms with Gasteiger partial charge in [0.25, 0.3) is 0 Å². The van der Waals surface area contributed by atoms with Crippen molar-refractivity contribution in [3.8, 4) is 0 Å². The Morgan fingerprint density at radius 1 is 1.25 bits per heavy atom. The minimum atomic E-state index is -4.61. The molecule has 0 aliphatic heterocycles. The highest BCUT2D eigenvalue weighted by Gasteiger charge is 2.39. The molecule has 6 nitrogen and oxygen atoms in total. The van der Waals surface area contributed by atoms with Crippen molar-refractivity contribution in [2.24, 2.45) is 0 Å². The first-order chi connectivity index (χ1) is 15.0. The molecule has 1 amide bonds. The van der Waals surface area contributed by atoms with Crippen molar-refractivity contribution in [1.29, 1.82) is 0 Å². The molecule has 1 atom stereocenters. The number of amides is 1. The molecule has 1 aliphatic rings. The van der Waals surface area contributed by atoms with Crippen molar-refractivity contribution < 1.29 is 22.4 Å². The quantitative estimate of drug-likeness (QED) is 0.453. The van der Waals surface area contributed by atoms with E-state index in [-0.39, 0.29) is 33.9 Å². The molecule has 0 radical (unpaired) electrons. The fraction of sp³-hybridized carbons (Fsp3) is 0.350. The Hall–Kier alpha value is -2.59. The normalized spacial score (nSPS) is 15.1. The molecule has 0 spiro atoms. The molecule has 170 valence electrons. The van der Waals surface area contributed by atoms with E-state index >= 15 is 0 Å². The van der Waals surface area contributed by atoms with E-state index in [1.54, 1.807) is 0 Å². The Balaban J connectivity index is 1.53. The molecule has 4 rings (SSSR count). The molecule has 1 aliphatic carbocycles. The van der Waals surface area contributed by atoms with Gasteiger partial charge >= 0.3 is 6.18 Å². The topological polar surface area (TPSA) is 64.7 Å². The van der Waals surface area contributed by atoms with Crippen molar-refractivity contribution >= 4 is 34.9 Å². The molecule has 1 N–H and O–H groups in total. The van der Waals surface area contributed by atoms with Gasteiger partial charge in [0, 0.05) is 28.4 Å². The van der Waals surface area contributed by atoms with Crippen LogP contribution in [0.4, 0.5) is 23.4 Å². The molecule has 2 aromatic heterocycles. The van der Waals surface area contributed by atoms with E-state index in [1.165, 1.54) is 36.0 Å². The van der Waals surface area contributed by atoms with Gasteiger partial charge < -0.3 is 5.32 Å². The average molecular weight is 490 g/mol. The first-order valence-corrected chi connectivity index (χ1v) is 10.4. The lowest BCUT2D eigenvalue weighted by Crippen LogP contribution is -2.26. The summed E-state index contributed by atoms with van der Waals surface area (Å²) in [5, 5.41) is 10.6. The van der Waals surface area contributed by atoms with Crippen LogP contribution in [-0.2, 0) is 17.5 Å². The summed E-state index contributed by atoms with van der Waals surface area (Å²) in [6.07, 6.45) is -1.74. The number of benzene rings is 1. The molecule has 2 heterocycles. The zero-order valence-corrected chi connectivity index (χ0v) is 18.1. The molecule has 3 aromatic rings. The third kappa shape index (κ3) is 4.61. The van der Waals surface area contributed by atoms with E-state index in [0.29, 0.717) is 5.69 Å². The van der Waals surface area contributed by atoms with E-state index in [1.807, 2.05) is 0 Å². The molecular weight excluding hydrogens is 473 g/mol. The number of hydrogen-bond donors (Lipinski definition) is 1. The summed E-state index contributed by atoms with van der Waals surface area (Å²) in [5.74, 6) is -1.22. The van der Waals surface area contributed by atoms with Crippen LogP contribution < -0.4 is 5.32 Å². The monoisotopic (exact) mass is 489 g/mol. The molecule has 0 bridgehead atoms. The maximum absolute atomic E-state index is 14.0. The van der Waals surface area contributed by atoms with Crippen LogP contribution in [0, 0.1) is 5.82 Å². The lowest BCUT2D eigenvalue weighted by Gasteiger charge is -2.15. The highest BCUT2D eigenvalue weighted by atomic mass is 35.5. The molecule has 1 unspecified atom stereocenters. The van der Waals surface area contributed by atoms with Crippen molar-refractivity contribution in [2.45, 2.75) is 44.4 Å². The van der Waals surface area contributed by atoms with Gasteiger partial charge in [-0.1, -0.05) is 29.3 Å². The van der Waals surface area contributed by atoms with Gasteiger partial charge in [-0.05, 0) is 38.0 Å². The number of alkyl halides is 3. The Morgan fingerprint density at radius 2 is 1.97 bits per heavy atom. The van der Waals surface area contributed by atoms with Crippen LogP contribution >= 0.6 is 23.2 Å². The van der Waals surface area contributed by atoms with Crippen LogP contribution in [-0.4, -0.2) is 25.5 Å². The number of nitrogens with one attached hydrogen (secondary N) is 1. The lowest BCUT2D eigenvalue weighted by molar-refractivity contribution is -0.141. The second-order valence-corrected chi connectivity index (χ2v) is 8.37. The maximum atomic E-state index is 14.0. The van der Waals surface area contributed by atoms with Crippen molar-refractivity contribution in [2.75, 3.05) is 5.32 Å². The van der Waals surface area contributed by atoms with Gasteiger partial charge in [-0.25, -0.2) is 4.39 Å². The summed E-state index contributed by atoms with van der Waals surface area (Å²) in [6.45, 7) is 1.41. The van der Waals surface area contributed by atoms with Gasteiger partial charge in [0.2, 0.25) is 5.91 Å². The van der Waals surface area contributed by atoms with Crippen molar-refractivity contribution in [3.05, 3.63) is 63.3 Å². The zero-order valence-electron chi connectivity index (χ0n) is 16.6. The first kappa shape index (κ1) is 22.6. The summed E-state index contributed by atoms with van der Waals surface area (Å²) in [7, 11) is 0. The predicted octanol–water partition coefficient (Wildman–Crippen LogP) is 5.67. The van der Waals surface area contributed by atoms with Crippen LogP contribution in [0.15, 0.2) is 30.5 Å². The van der Waals surface area contributed by atoms with E-state index in [4.69, 9.17) is 23.2 Å². The highest BCUT2D eigenvalue weighted by molar-refractivity contribution is 6.33. The Morgan fingerprint density at radius 3 is 2.59 bits per heavy atom. The zero-order chi connectivity index (χ0) is 23.2. The van der Waals surface area contributed by atoms with E-state index in [2.05, 4.69) is 15.5 Å². The molecule has 32 heavy (non-hydrogen) atoms. The van der Waals surface area contributed by atoms with E-state index < -0.39 is 29.6 Å². The third-order valence-corrected chi connectivity index (χ3v) is 5.77. The first-order valence-electron chi connectivity index (χ1n) is 9.68. The number of rotatable bonds is 6. The standard InChI is InChI=1S/C20H17Cl2F4N5O/c1-10(31-16(11-5-6-11)7-17(28-31)20(24,25)26)19(32)27-18-14(22)9-30(29-18)8-12-13(21)3-2-4-15(12)23/h2-4,7,9-11H,5-6,8H2,1H3,(H,27,29,32). The minimum absolute atomic E-state index is 0.00727. The van der Waals surface area contributed by atoms with Crippen molar-refractivity contribution in [3.63, 3.8) is 0 Å². The van der Waals surface area contributed by atoms with Gasteiger partial charge in [0.15, 0.2) is 11.5 Å². The number of aromatic nitrogens is 4. The van der Waals surface area contributed by atoms with Gasteiger partial charge in [-0.3, -0.25) is 14.2 Å². The summed E-state index contributed by atoms with van der Waals surface area (Å²) >= 11 is 12.2.